The van der Waals surface area contributed by atoms with Crippen molar-refractivity contribution in [3.8, 4) is 0 Å². The molecule has 0 saturated heterocycles. The normalized spacial score (nSPS) is 12.1. The Hall–Kier alpha value is -1.51. The third-order valence-corrected chi connectivity index (χ3v) is 2.80. The van der Waals surface area contributed by atoms with E-state index in [9.17, 15) is 4.79 Å². The third-order valence-electron chi connectivity index (χ3n) is 2.80. The fourth-order valence-corrected chi connectivity index (χ4v) is 1.83. The third kappa shape index (κ3) is 4.47. The number of hydrogen-bond acceptors (Lipinski definition) is 2. The average Bonchev–Trinajstić information content (AvgIpc) is 2.29. The molecule has 0 heterocycles. The summed E-state index contributed by atoms with van der Waals surface area (Å²) in [6.07, 6.45) is 4.69. The zero-order valence-corrected chi connectivity index (χ0v) is 10.6. The smallest absolute Gasteiger partial charge is 0.337 e. The van der Waals surface area contributed by atoms with Crippen LogP contribution in [0.15, 0.2) is 24.3 Å². The highest BCUT2D eigenvalue weighted by molar-refractivity contribution is 5.94. The van der Waals surface area contributed by atoms with Crippen LogP contribution in [0.4, 0.5) is 5.69 Å². The molecule has 0 bridgehead atoms. The van der Waals surface area contributed by atoms with Gasteiger partial charge in [-0.1, -0.05) is 38.3 Å². The fourth-order valence-electron chi connectivity index (χ4n) is 1.83. The summed E-state index contributed by atoms with van der Waals surface area (Å²) in [5, 5.41) is 12.3. The summed E-state index contributed by atoms with van der Waals surface area (Å²) in [6.45, 7) is 4.27. The summed E-state index contributed by atoms with van der Waals surface area (Å²) in [6, 6.07) is 7.36. The van der Waals surface area contributed by atoms with Crippen LogP contribution in [-0.4, -0.2) is 17.1 Å². The largest absolute Gasteiger partial charge is 0.478 e. The van der Waals surface area contributed by atoms with Crippen molar-refractivity contribution in [1.29, 1.82) is 0 Å². The monoisotopic (exact) mass is 235 g/mol. The lowest BCUT2D eigenvalue weighted by Crippen LogP contribution is -2.17. The Labute approximate surface area is 103 Å². The van der Waals surface area contributed by atoms with Gasteiger partial charge in [-0.2, -0.15) is 0 Å². The number of hydrogen-bond donors (Lipinski definition) is 2. The lowest BCUT2D eigenvalue weighted by molar-refractivity contribution is 0.0698. The van der Waals surface area contributed by atoms with Gasteiger partial charge in [0.05, 0.1) is 5.56 Å². The molecule has 17 heavy (non-hydrogen) atoms. The Morgan fingerprint density at radius 2 is 2.06 bits per heavy atom. The van der Waals surface area contributed by atoms with Crippen molar-refractivity contribution in [2.75, 3.05) is 5.32 Å². The first-order valence-corrected chi connectivity index (χ1v) is 6.24. The van der Waals surface area contributed by atoms with Gasteiger partial charge in [0, 0.05) is 11.7 Å². The zero-order chi connectivity index (χ0) is 12.7. The summed E-state index contributed by atoms with van der Waals surface area (Å²) in [5.74, 6) is -0.881. The van der Waals surface area contributed by atoms with Crippen LogP contribution in [-0.2, 0) is 0 Å². The summed E-state index contributed by atoms with van der Waals surface area (Å²) < 4.78 is 0. The summed E-state index contributed by atoms with van der Waals surface area (Å²) in [7, 11) is 0. The van der Waals surface area contributed by atoms with Gasteiger partial charge >= 0.3 is 5.97 Å². The highest BCUT2D eigenvalue weighted by Crippen LogP contribution is 2.17. The summed E-state index contributed by atoms with van der Waals surface area (Å²) >= 11 is 0. The predicted octanol–water partition coefficient (Wildman–Crippen LogP) is 3.77. The fraction of sp³-hybridized carbons (Fsp3) is 0.500. The van der Waals surface area contributed by atoms with E-state index in [1.54, 1.807) is 12.1 Å². The van der Waals surface area contributed by atoms with Crippen molar-refractivity contribution in [3.05, 3.63) is 29.8 Å². The molecule has 0 amide bonds. The highest BCUT2D eigenvalue weighted by Gasteiger charge is 2.10. The van der Waals surface area contributed by atoms with E-state index in [2.05, 4.69) is 19.2 Å². The number of anilines is 1. The van der Waals surface area contributed by atoms with E-state index in [1.165, 1.54) is 19.3 Å². The van der Waals surface area contributed by atoms with Crippen molar-refractivity contribution in [2.24, 2.45) is 0 Å². The number of nitrogens with one attached hydrogen (secondary N) is 1. The number of aromatic carboxylic acids is 1. The molecular formula is C14H21NO2. The first-order chi connectivity index (χ1) is 8.15. The second-order valence-corrected chi connectivity index (χ2v) is 4.39. The minimum absolute atomic E-state index is 0.307. The van der Waals surface area contributed by atoms with E-state index in [-0.39, 0.29) is 0 Å². The number of carboxylic acids is 1. The molecule has 2 N–H and O–H groups in total. The molecule has 3 heteroatoms. The number of carboxylic acid groups (broad SMARTS) is 1. The minimum Gasteiger partial charge on any atom is -0.478 e. The molecule has 1 rings (SSSR count). The first-order valence-electron chi connectivity index (χ1n) is 6.24. The predicted molar refractivity (Wildman–Crippen MR) is 70.6 cm³/mol. The minimum atomic E-state index is -0.881. The van der Waals surface area contributed by atoms with Crippen LogP contribution in [0.25, 0.3) is 0 Å². The maximum Gasteiger partial charge on any atom is 0.337 e. The molecule has 0 spiro atoms. The van der Waals surface area contributed by atoms with Gasteiger partial charge in [-0.15, -0.1) is 0 Å². The molecule has 1 aromatic rings. The van der Waals surface area contributed by atoms with Gasteiger partial charge in [0.15, 0.2) is 0 Å². The lowest BCUT2D eigenvalue weighted by atomic mass is 10.1. The Morgan fingerprint density at radius 3 is 2.71 bits per heavy atom. The van der Waals surface area contributed by atoms with Crippen LogP contribution >= 0.6 is 0 Å². The van der Waals surface area contributed by atoms with Gasteiger partial charge in [-0.05, 0) is 25.5 Å². The molecule has 0 aliphatic carbocycles. The number of carbonyl (C=O) groups is 1. The van der Waals surface area contributed by atoms with Crippen molar-refractivity contribution in [1.82, 2.24) is 0 Å². The molecule has 0 radical (unpaired) electrons. The van der Waals surface area contributed by atoms with E-state index in [4.69, 9.17) is 5.11 Å². The summed E-state index contributed by atoms with van der Waals surface area (Å²) in [5.41, 5.74) is 1.05. The molecule has 0 aliphatic heterocycles. The van der Waals surface area contributed by atoms with Gasteiger partial charge in [-0.3, -0.25) is 0 Å². The number of unbranched alkanes of at least 4 members (excludes halogenated alkanes) is 2. The van der Waals surface area contributed by atoms with Crippen molar-refractivity contribution in [2.45, 2.75) is 45.6 Å². The van der Waals surface area contributed by atoms with Gasteiger partial charge in [-0.25, -0.2) is 4.79 Å². The van der Waals surface area contributed by atoms with Gasteiger partial charge in [0.2, 0.25) is 0 Å². The standard InChI is InChI=1S/C14H21NO2/c1-3-4-5-8-11(2)15-13-10-7-6-9-12(13)14(16)17/h6-7,9-11,15H,3-5,8H2,1-2H3,(H,16,17). The first kappa shape index (κ1) is 13.6. The Morgan fingerprint density at radius 1 is 1.35 bits per heavy atom. The van der Waals surface area contributed by atoms with Gasteiger partial charge in [0.1, 0.15) is 0 Å². The Kier molecular flexibility index (Phi) is 5.53. The molecule has 3 nitrogen and oxygen atoms in total. The SMILES string of the molecule is CCCCCC(C)Nc1ccccc1C(=O)O. The van der Waals surface area contributed by atoms with E-state index in [1.807, 2.05) is 12.1 Å². The van der Waals surface area contributed by atoms with Crippen LogP contribution in [0.2, 0.25) is 0 Å². The second-order valence-electron chi connectivity index (χ2n) is 4.39. The lowest BCUT2D eigenvalue weighted by Gasteiger charge is -2.16. The molecule has 0 fully saturated rings. The van der Waals surface area contributed by atoms with Gasteiger partial charge in [0.25, 0.3) is 0 Å². The topological polar surface area (TPSA) is 49.3 Å². The highest BCUT2D eigenvalue weighted by atomic mass is 16.4. The van der Waals surface area contributed by atoms with E-state index >= 15 is 0 Å². The zero-order valence-electron chi connectivity index (χ0n) is 10.6. The van der Waals surface area contributed by atoms with Crippen molar-refractivity contribution < 1.29 is 9.90 Å². The molecule has 0 aliphatic rings. The van der Waals surface area contributed by atoms with Crippen LogP contribution in [0, 0.1) is 0 Å². The number of rotatable bonds is 7. The number of para-hydroxylation sites is 1. The number of benzene rings is 1. The Balaban J connectivity index is 2.58. The van der Waals surface area contributed by atoms with Crippen molar-refractivity contribution >= 4 is 11.7 Å². The molecule has 94 valence electrons. The molecular weight excluding hydrogens is 214 g/mol. The quantitative estimate of drug-likeness (QED) is 0.707. The van der Waals surface area contributed by atoms with Gasteiger partial charge < -0.3 is 10.4 Å². The van der Waals surface area contributed by atoms with E-state index in [0.717, 1.165) is 6.42 Å². The van der Waals surface area contributed by atoms with Crippen LogP contribution in [0.3, 0.4) is 0 Å². The molecule has 1 aromatic carbocycles. The average molecular weight is 235 g/mol. The van der Waals surface area contributed by atoms with Crippen LogP contribution in [0.1, 0.15) is 49.9 Å². The van der Waals surface area contributed by atoms with E-state index < -0.39 is 5.97 Å². The van der Waals surface area contributed by atoms with E-state index in [0.29, 0.717) is 17.3 Å². The molecule has 0 aromatic heterocycles. The van der Waals surface area contributed by atoms with Crippen molar-refractivity contribution in [3.63, 3.8) is 0 Å². The maximum absolute atomic E-state index is 11.0. The Bertz CT molecular complexity index is 363. The second kappa shape index (κ2) is 6.94. The maximum atomic E-state index is 11.0. The summed E-state index contributed by atoms with van der Waals surface area (Å²) in [4.78, 5) is 11.0. The van der Waals surface area contributed by atoms with Crippen LogP contribution < -0.4 is 5.32 Å². The van der Waals surface area contributed by atoms with Crippen LogP contribution in [0.5, 0.6) is 0 Å². The molecule has 1 unspecified atom stereocenters. The molecule has 1 atom stereocenters. The molecule has 0 saturated carbocycles.